The second-order valence-corrected chi connectivity index (χ2v) is 3.19. The van der Waals surface area contributed by atoms with Crippen LogP contribution in [-0.4, -0.2) is 4.98 Å². The summed E-state index contributed by atoms with van der Waals surface area (Å²) in [5.74, 6) is 0. The maximum atomic E-state index is 11.1. The van der Waals surface area contributed by atoms with E-state index in [1.807, 2.05) is 42.2 Å². The second-order valence-electron chi connectivity index (χ2n) is 3.19. The molecule has 0 fully saturated rings. The van der Waals surface area contributed by atoms with Gasteiger partial charge in [-0.05, 0) is 17.2 Å². The molecule has 2 heterocycles. The van der Waals surface area contributed by atoms with Gasteiger partial charge in [0, 0.05) is 24.4 Å². The Balaban J connectivity index is 2.50. The van der Waals surface area contributed by atoms with E-state index in [1.165, 1.54) is 0 Å². The quantitative estimate of drug-likeness (QED) is 0.661. The average molecular weight is 187 g/mol. The summed E-state index contributed by atoms with van der Waals surface area (Å²) >= 11 is 0. The molecule has 0 aromatic carbocycles. The molecular weight excluding hydrogens is 176 g/mol. The Morgan fingerprint density at radius 3 is 2.50 bits per heavy atom. The smallest absolute Gasteiger partial charge is 0.248 e. The van der Waals surface area contributed by atoms with Gasteiger partial charge in [0.05, 0.1) is 0 Å². The van der Waals surface area contributed by atoms with Gasteiger partial charge in [0.1, 0.15) is 7.05 Å². The average Bonchev–Trinajstić information content (AvgIpc) is 2.19. The van der Waals surface area contributed by atoms with Crippen molar-refractivity contribution in [3.05, 3.63) is 53.2 Å². The lowest BCUT2D eigenvalue weighted by Gasteiger charge is -1.97. The normalized spacial score (nSPS) is 10.1. The fourth-order valence-electron chi connectivity index (χ4n) is 1.32. The number of aryl methyl sites for hydroxylation is 1. The number of nitrogens with one attached hydrogen (secondary N) is 1. The fourth-order valence-corrected chi connectivity index (χ4v) is 1.32. The van der Waals surface area contributed by atoms with E-state index < -0.39 is 0 Å². The van der Waals surface area contributed by atoms with Crippen molar-refractivity contribution < 1.29 is 4.57 Å². The Morgan fingerprint density at radius 1 is 1.14 bits per heavy atom. The molecule has 0 aliphatic heterocycles. The molecule has 0 unspecified atom stereocenters. The third-order valence-electron chi connectivity index (χ3n) is 2.09. The summed E-state index contributed by atoms with van der Waals surface area (Å²) in [6.45, 7) is 0. The lowest BCUT2D eigenvalue weighted by Crippen LogP contribution is -2.25. The van der Waals surface area contributed by atoms with Crippen LogP contribution in [0, 0.1) is 0 Å². The van der Waals surface area contributed by atoms with E-state index >= 15 is 0 Å². The van der Waals surface area contributed by atoms with Crippen molar-refractivity contribution in [1.29, 1.82) is 0 Å². The van der Waals surface area contributed by atoms with Crippen LogP contribution in [0.5, 0.6) is 0 Å². The Morgan fingerprint density at radius 2 is 1.86 bits per heavy atom. The molecule has 0 aliphatic carbocycles. The van der Waals surface area contributed by atoms with Crippen LogP contribution < -0.4 is 10.1 Å². The summed E-state index contributed by atoms with van der Waals surface area (Å²) in [6.07, 6.45) is 5.57. The number of pyridine rings is 2. The summed E-state index contributed by atoms with van der Waals surface area (Å²) in [5, 5.41) is 0. The molecule has 3 nitrogen and oxygen atoms in total. The van der Waals surface area contributed by atoms with Gasteiger partial charge in [0.2, 0.25) is 5.56 Å². The van der Waals surface area contributed by atoms with Crippen molar-refractivity contribution in [2.45, 2.75) is 0 Å². The highest BCUT2D eigenvalue weighted by Gasteiger charge is 1.99. The predicted octanol–water partition coefficient (Wildman–Crippen LogP) is 0.866. The minimum absolute atomic E-state index is 0.0734. The van der Waals surface area contributed by atoms with Crippen LogP contribution in [0.4, 0.5) is 0 Å². The van der Waals surface area contributed by atoms with Crippen molar-refractivity contribution in [1.82, 2.24) is 4.98 Å². The van der Waals surface area contributed by atoms with E-state index in [9.17, 15) is 4.79 Å². The number of hydrogen-bond acceptors (Lipinski definition) is 1. The van der Waals surface area contributed by atoms with Gasteiger partial charge >= 0.3 is 0 Å². The maximum Gasteiger partial charge on any atom is 0.248 e. The van der Waals surface area contributed by atoms with E-state index in [2.05, 4.69) is 4.98 Å². The molecule has 0 saturated heterocycles. The van der Waals surface area contributed by atoms with E-state index in [0.717, 1.165) is 11.1 Å². The van der Waals surface area contributed by atoms with Crippen LogP contribution >= 0.6 is 0 Å². The summed E-state index contributed by atoms with van der Waals surface area (Å²) in [7, 11) is 1.96. The minimum Gasteiger partial charge on any atom is -0.329 e. The van der Waals surface area contributed by atoms with Crippen LogP contribution in [0.3, 0.4) is 0 Å². The Kier molecular flexibility index (Phi) is 2.14. The Hall–Kier alpha value is -1.90. The van der Waals surface area contributed by atoms with Crippen molar-refractivity contribution in [2.75, 3.05) is 0 Å². The van der Waals surface area contributed by atoms with Gasteiger partial charge < -0.3 is 4.98 Å². The molecule has 0 atom stereocenters. The summed E-state index contributed by atoms with van der Waals surface area (Å²) in [4.78, 5) is 13.7. The zero-order chi connectivity index (χ0) is 9.97. The Bertz CT molecular complexity index is 485. The SMILES string of the molecule is C[n+]1ccc(-c2cc[nH]c(=O)c2)cc1. The first kappa shape index (κ1) is 8.69. The standard InChI is InChI=1S/C11H10N2O/c1-13-6-3-9(4-7-13)10-2-5-12-11(14)8-10/h2-8H,1H3/p+1. The van der Waals surface area contributed by atoms with Crippen LogP contribution in [0.25, 0.3) is 11.1 Å². The number of aromatic amines is 1. The first-order chi connectivity index (χ1) is 6.75. The molecule has 0 bridgehead atoms. The molecule has 0 aliphatic rings. The van der Waals surface area contributed by atoms with Gasteiger partial charge in [0.15, 0.2) is 12.4 Å². The number of hydrogen-bond donors (Lipinski definition) is 1. The molecule has 2 rings (SSSR count). The summed E-state index contributed by atoms with van der Waals surface area (Å²) < 4.78 is 1.96. The second kappa shape index (κ2) is 3.46. The molecule has 14 heavy (non-hydrogen) atoms. The lowest BCUT2D eigenvalue weighted by molar-refractivity contribution is -0.671. The molecule has 3 heteroatoms. The molecule has 70 valence electrons. The third-order valence-corrected chi connectivity index (χ3v) is 2.09. The van der Waals surface area contributed by atoms with Gasteiger partial charge in [-0.3, -0.25) is 4.79 Å². The van der Waals surface area contributed by atoms with Crippen molar-refractivity contribution in [2.24, 2.45) is 7.05 Å². The van der Waals surface area contributed by atoms with E-state index in [-0.39, 0.29) is 5.56 Å². The molecule has 0 amide bonds. The highest BCUT2D eigenvalue weighted by Crippen LogP contribution is 2.14. The van der Waals surface area contributed by atoms with Gasteiger partial charge in [0.25, 0.3) is 0 Å². The summed E-state index contributed by atoms with van der Waals surface area (Å²) in [5.41, 5.74) is 1.92. The highest BCUT2D eigenvalue weighted by molar-refractivity contribution is 5.61. The van der Waals surface area contributed by atoms with Crippen LogP contribution in [0.1, 0.15) is 0 Å². The molecule has 0 saturated carbocycles. The van der Waals surface area contributed by atoms with Crippen molar-refractivity contribution in [3.63, 3.8) is 0 Å². The largest absolute Gasteiger partial charge is 0.329 e. The first-order valence-corrected chi connectivity index (χ1v) is 4.40. The number of H-pyrrole nitrogens is 1. The van der Waals surface area contributed by atoms with Crippen LogP contribution in [0.15, 0.2) is 47.7 Å². The monoisotopic (exact) mass is 187 g/mol. The lowest BCUT2D eigenvalue weighted by atomic mass is 10.1. The van der Waals surface area contributed by atoms with Gasteiger partial charge in [-0.2, -0.15) is 0 Å². The van der Waals surface area contributed by atoms with Crippen molar-refractivity contribution in [3.8, 4) is 11.1 Å². The molecule has 2 aromatic heterocycles. The number of rotatable bonds is 1. The van der Waals surface area contributed by atoms with Crippen LogP contribution in [0.2, 0.25) is 0 Å². The molecule has 2 aromatic rings. The molecule has 0 spiro atoms. The minimum atomic E-state index is -0.0734. The van der Waals surface area contributed by atoms with E-state index in [0.29, 0.717) is 0 Å². The van der Waals surface area contributed by atoms with E-state index in [4.69, 9.17) is 0 Å². The van der Waals surface area contributed by atoms with Crippen molar-refractivity contribution >= 4 is 0 Å². The van der Waals surface area contributed by atoms with E-state index in [1.54, 1.807) is 12.3 Å². The Labute approximate surface area is 81.7 Å². The maximum absolute atomic E-state index is 11.1. The topological polar surface area (TPSA) is 36.7 Å². The molecule has 1 N–H and O–H groups in total. The number of aromatic nitrogens is 2. The predicted molar refractivity (Wildman–Crippen MR) is 53.7 cm³/mol. The van der Waals surface area contributed by atoms with Gasteiger partial charge in [-0.25, -0.2) is 4.57 Å². The zero-order valence-corrected chi connectivity index (χ0v) is 7.90. The first-order valence-electron chi connectivity index (χ1n) is 4.40. The fraction of sp³-hybridized carbons (Fsp3) is 0.0909. The zero-order valence-electron chi connectivity index (χ0n) is 7.90. The third kappa shape index (κ3) is 1.71. The molecule has 0 radical (unpaired) electrons. The highest BCUT2D eigenvalue weighted by atomic mass is 16.1. The molecular formula is C11H11N2O+. The number of nitrogens with zero attached hydrogens (tertiary/aromatic N) is 1. The van der Waals surface area contributed by atoms with Crippen LogP contribution in [-0.2, 0) is 7.05 Å². The van der Waals surface area contributed by atoms with Gasteiger partial charge in [-0.15, -0.1) is 0 Å². The van der Waals surface area contributed by atoms with Gasteiger partial charge in [-0.1, -0.05) is 0 Å². The summed E-state index contributed by atoms with van der Waals surface area (Å²) in [6, 6.07) is 7.44.